The molecule has 1 aromatic heterocycles. The SMILES string of the molecule is CCOC(=O)C(CC)NC(=O)c1nccc(NC=O)c1O. The molecular formula is C13H17N3O5. The number of aromatic hydroxyl groups is 1. The first-order valence-electron chi connectivity index (χ1n) is 6.40. The van der Waals surface area contributed by atoms with E-state index in [9.17, 15) is 19.5 Å². The zero-order chi connectivity index (χ0) is 15.8. The summed E-state index contributed by atoms with van der Waals surface area (Å²) < 4.78 is 4.83. The Balaban J connectivity index is 2.90. The molecule has 0 saturated heterocycles. The summed E-state index contributed by atoms with van der Waals surface area (Å²) in [5.41, 5.74) is -0.237. The first-order chi connectivity index (χ1) is 10.0. The number of nitrogens with zero attached hydrogens (tertiary/aromatic N) is 1. The normalized spacial score (nSPS) is 11.3. The standard InChI is InChI=1S/C13H17N3O5/c1-3-8(13(20)21-4-2)16-12(19)10-11(18)9(15-7-17)5-6-14-10/h5-8,18H,3-4H2,1-2H3,(H,16,19)(H,14,15,17). The van der Waals surface area contributed by atoms with E-state index in [1.807, 2.05) is 0 Å². The van der Waals surface area contributed by atoms with E-state index >= 15 is 0 Å². The minimum absolute atomic E-state index is 0.0503. The van der Waals surface area contributed by atoms with Gasteiger partial charge in [0.05, 0.1) is 12.3 Å². The van der Waals surface area contributed by atoms with Crippen LogP contribution < -0.4 is 10.6 Å². The molecule has 8 heteroatoms. The molecule has 0 bridgehead atoms. The predicted molar refractivity (Wildman–Crippen MR) is 73.8 cm³/mol. The van der Waals surface area contributed by atoms with Gasteiger partial charge < -0.3 is 20.5 Å². The fourth-order valence-electron chi connectivity index (χ4n) is 1.60. The minimum atomic E-state index is -0.832. The lowest BCUT2D eigenvalue weighted by atomic mass is 10.2. The van der Waals surface area contributed by atoms with Crippen LogP contribution in [0.4, 0.5) is 5.69 Å². The van der Waals surface area contributed by atoms with E-state index < -0.39 is 23.7 Å². The van der Waals surface area contributed by atoms with Gasteiger partial charge in [-0.15, -0.1) is 0 Å². The van der Waals surface area contributed by atoms with Gasteiger partial charge in [-0.25, -0.2) is 9.78 Å². The van der Waals surface area contributed by atoms with Crippen molar-refractivity contribution in [3.8, 4) is 5.75 Å². The maximum absolute atomic E-state index is 12.0. The fraction of sp³-hybridized carbons (Fsp3) is 0.385. The van der Waals surface area contributed by atoms with Gasteiger partial charge in [-0.3, -0.25) is 9.59 Å². The predicted octanol–water partition coefficient (Wildman–Crippen LogP) is 0.427. The molecule has 3 N–H and O–H groups in total. The third-order valence-electron chi connectivity index (χ3n) is 2.64. The van der Waals surface area contributed by atoms with Crippen molar-refractivity contribution >= 4 is 24.0 Å². The highest BCUT2D eigenvalue weighted by molar-refractivity contribution is 5.99. The molecule has 0 saturated carbocycles. The molecular weight excluding hydrogens is 278 g/mol. The topological polar surface area (TPSA) is 118 Å². The molecule has 2 amide bonds. The van der Waals surface area contributed by atoms with E-state index in [2.05, 4.69) is 15.6 Å². The van der Waals surface area contributed by atoms with Gasteiger partial charge in [-0.05, 0) is 19.4 Å². The summed E-state index contributed by atoms with van der Waals surface area (Å²) in [5.74, 6) is -1.77. The lowest BCUT2D eigenvalue weighted by Crippen LogP contribution is -2.41. The van der Waals surface area contributed by atoms with Gasteiger partial charge in [0.25, 0.3) is 5.91 Å². The van der Waals surface area contributed by atoms with Crippen LogP contribution in [0.25, 0.3) is 0 Å². The van der Waals surface area contributed by atoms with Crippen LogP contribution in [0.15, 0.2) is 12.3 Å². The molecule has 0 aliphatic rings. The van der Waals surface area contributed by atoms with Crippen LogP contribution in [-0.4, -0.2) is 41.0 Å². The number of esters is 1. The van der Waals surface area contributed by atoms with Crippen LogP contribution in [0.2, 0.25) is 0 Å². The summed E-state index contributed by atoms with van der Waals surface area (Å²) in [6.07, 6.45) is 1.95. The quantitative estimate of drug-likeness (QED) is 0.496. The molecule has 21 heavy (non-hydrogen) atoms. The van der Waals surface area contributed by atoms with Gasteiger partial charge in [0.15, 0.2) is 11.4 Å². The highest BCUT2D eigenvalue weighted by Crippen LogP contribution is 2.25. The number of aromatic nitrogens is 1. The number of ether oxygens (including phenoxy) is 1. The van der Waals surface area contributed by atoms with Crippen molar-refractivity contribution in [3.63, 3.8) is 0 Å². The molecule has 0 aliphatic carbocycles. The number of carbonyl (C=O) groups excluding carboxylic acids is 3. The zero-order valence-corrected chi connectivity index (χ0v) is 11.8. The minimum Gasteiger partial charge on any atom is -0.504 e. The van der Waals surface area contributed by atoms with E-state index in [4.69, 9.17) is 4.74 Å². The van der Waals surface area contributed by atoms with Crippen molar-refractivity contribution in [2.24, 2.45) is 0 Å². The Morgan fingerprint density at radius 2 is 2.19 bits per heavy atom. The summed E-state index contributed by atoms with van der Waals surface area (Å²) in [6.45, 7) is 3.57. The average molecular weight is 295 g/mol. The molecule has 1 rings (SSSR count). The molecule has 1 aromatic rings. The average Bonchev–Trinajstić information content (AvgIpc) is 2.47. The molecule has 1 heterocycles. The second-order valence-corrected chi connectivity index (χ2v) is 4.00. The van der Waals surface area contributed by atoms with Gasteiger partial charge in [0, 0.05) is 6.20 Å². The highest BCUT2D eigenvalue weighted by atomic mass is 16.5. The van der Waals surface area contributed by atoms with Crippen LogP contribution in [-0.2, 0) is 14.3 Å². The molecule has 114 valence electrons. The summed E-state index contributed by atoms with van der Waals surface area (Å²) in [5, 5.41) is 14.5. The Labute approximate surface area is 121 Å². The van der Waals surface area contributed by atoms with Crippen LogP contribution in [0, 0.1) is 0 Å². The van der Waals surface area contributed by atoms with Gasteiger partial charge >= 0.3 is 5.97 Å². The van der Waals surface area contributed by atoms with E-state index in [0.717, 1.165) is 0 Å². The first kappa shape index (κ1) is 16.4. The molecule has 0 fully saturated rings. The molecule has 0 aromatic carbocycles. The Morgan fingerprint density at radius 3 is 2.76 bits per heavy atom. The number of carbonyl (C=O) groups is 3. The fourth-order valence-corrected chi connectivity index (χ4v) is 1.60. The van der Waals surface area contributed by atoms with Crippen molar-refractivity contribution in [2.45, 2.75) is 26.3 Å². The van der Waals surface area contributed by atoms with Crippen molar-refractivity contribution in [1.82, 2.24) is 10.3 Å². The lowest BCUT2D eigenvalue weighted by molar-refractivity contribution is -0.145. The monoisotopic (exact) mass is 295 g/mol. The summed E-state index contributed by atoms with van der Waals surface area (Å²) in [7, 11) is 0. The molecule has 0 radical (unpaired) electrons. The summed E-state index contributed by atoms with van der Waals surface area (Å²) >= 11 is 0. The molecule has 0 spiro atoms. The first-order valence-corrected chi connectivity index (χ1v) is 6.40. The smallest absolute Gasteiger partial charge is 0.328 e. The lowest BCUT2D eigenvalue weighted by Gasteiger charge is -2.15. The Hall–Kier alpha value is -2.64. The van der Waals surface area contributed by atoms with Crippen molar-refractivity contribution in [3.05, 3.63) is 18.0 Å². The molecule has 1 unspecified atom stereocenters. The Bertz CT molecular complexity index is 533. The second kappa shape index (κ2) is 7.83. The van der Waals surface area contributed by atoms with E-state index in [1.54, 1.807) is 13.8 Å². The van der Waals surface area contributed by atoms with Gasteiger partial charge in [-0.2, -0.15) is 0 Å². The second-order valence-electron chi connectivity index (χ2n) is 4.00. The number of hydrogen-bond donors (Lipinski definition) is 3. The van der Waals surface area contributed by atoms with Crippen LogP contribution in [0.1, 0.15) is 30.8 Å². The van der Waals surface area contributed by atoms with E-state index in [0.29, 0.717) is 12.8 Å². The molecule has 1 atom stereocenters. The Morgan fingerprint density at radius 1 is 1.48 bits per heavy atom. The molecule has 8 nitrogen and oxygen atoms in total. The summed E-state index contributed by atoms with van der Waals surface area (Å²) in [6, 6.07) is 0.504. The van der Waals surface area contributed by atoms with Gasteiger partial charge in [0.2, 0.25) is 6.41 Å². The number of rotatable bonds is 7. The number of hydrogen-bond acceptors (Lipinski definition) is 6. The third-order valence-corrected chi connectivity index (χ3v) is 2.64. The zero-order valence-electron chi connectivity index (χ0n) is 11.8. The number of nitrogens with one attached hydrogen (secondary N) is 2. The number of amides is 2. The van der Waals surface area contributed by atoms with Gasteiger partial charge in [-0.1, -0.05) is 6.92 Å². The highest BCUT2D eigenvalue weighted by Gasteiger charge is 2.23. The van der Waals surface area contributed by atoms with Crippen molar-refractivity contribution < 1.29 is 24.2 Å². The maximum Gasteiger partial charge on any atom is 0.328 e. The van der Waals surface area contributed by atoms with Crippen LogP contribution >= 0.6 is 0 Å². The molecule has 0 aliphatic heterocycles. The van der Waals surface area contributed by atoms with Crippen molar-refractivity contribution in [1.29, 1.82) is 0 Å². The summed E-state index contributed by atoms with van der Waals surface area (Å²) in [4.78, 5) is 37.8. The number of anilines is 1. The largest absolute Gasteiger partial charge is 0.504 e. The van der Waals surface area contributed by atoms with E-state index in [1.165, 1.54) is 12.3 Å². The van der Waals surface area contributed by atoms with Gasteiger partial charge in [0.1, 0.15) is 6.04 Å². The van der Waals surface area contributed by atoms with Crippen molar-refractivity contribution in [2.75, 3.05) is 11.9 Å². The maximum atomic E-state index is 12.0. The van der Waals surface area contributed by atoms with Crippen LogP contribution in [0.5, 0.6) is 5.75 Å². The Kier molecular flexibility index (Phi) is 6.12. The van der Waals surface area contributed by atoms with Crippen LogP contribution in [0.3, 0.4) is 0 Å². The third kappa shape index (κ3) is 4.16. The van der Waals surface area contributed by atoms with E-state index in [-0.39, 0.29) is 18.0 Å². The number of pyridine rings is 1.